The van der Waals surface area contributed by atoms with E-state index in [-0.39, 0.29) is 24.0 Å². The van der Waals surface area contributed by atoms with Crippen molar-refractivity contribution in [2.75, 3.05) is 0 Å². The second kappa shape index (κ2) is 10.0. The van der Waals surface area contributed by atoms with Gasteiger partial charge in [0.25, 0.3) is 0 Å². The summed E-state index contributed by atoms with van der Waals surface area (Å²) in [5, 5.41) is 0. The molecule has 0 unspecified atom stereocenters. The van der Waals surface area contributed by atoms with E-state index >= 15 is 0 Å². The number of aryl methyl sites for hydroxylation is 1. The predicted octanol–water partition coefficient (Wildman–Crippen LogP) is 4.61. The number of unbranched alkanes of at least 4 members (excludes halogenated alkanes) is 1. The van der Waals surface area contributed by atoms with E-state index in [0.717, 1.165) is 6.42 Å². The Morgan fingerprint density at radius 2 is 1.80 bits per heavy atom. The molecule has 0 saturated heterocycles. The third-order valence-corrected chi connectivity index (χ3v) is 4.55. The molecule has 25 heavy (non-hydrogen) atoms. The maximum absolute atomic E-state index is 12.3. The number of ether oxygens (including phenoxy) is 2. The predicted molar refractivity (Wildman–Crippen MR) is 97.3 cm³/mol. The van der Waals surface area contributed by atoms with Crippen molar-refractivity contribution in [1.29, 1.82) is 0 Å². The molecule has 2 rings (SSSR count). The molecule has 0 heterocycles. The molecule has 1 fully saturated rings. The van der Waals surface area contributed by atoms with E-state index in [0.29, 0.717) is 31.4 Å². The van der Waals surface area contributed by atoms with Gasteiger partial charge in [-0.2, -0.15) is 0 Å². The Morgan fingerprint density at radius 3 is 2.40 bits per heavy atom. The molecule has 0 amide bonds. The van der Waals surface area contributed by atoms with Crippen LogP contribution in [0.25, 0.3) is 0 Å². The summed E-state index contributed by atoms with van der Waals surface area (Å²) >= 11 is 0. The van der Waals surface area contributed by atoms with Gasteiger partial charge in [-0.25, -0.2) is 4.79 Å². The number of rotatable bonds is 7. The average molecular weight is 344 g/mol. The minimum absolute atomic E-state index is 0.0920. The largest absolute Gasteiger partial charge is 0.459 e. The normalized spacial score (nSPS) is 20.4. The molecule has 0 bridgehead atoms. The highest BCUT2D eigenvalue weighted by Crippen LogP contribution is 2.28. The monoisotopic (exact) mass is 344 g/mol. The Balaban J connectivity index is 1.77. The minimum Gasteiger partial charge on any atom is -0.459 e. The van der Waals surface area contributed by atoms with Gasteiger partial charge < -0.3 is 9.47 Å². The highest BCUT2D eigenvalue weighted by atomic mass is 16.5. The van der Waals surface area contributed by atoms with Crippen LogP contribution in [0.4, 0.5) is 0 Å². The van der Waals surface area contributed by atoms with Crippen molar-refractivity contribution < 1.29 is 19.1 Å². The third-order valence-electron chi connectivity index (χ3n) is 4.55. The molecule has 0 aliphatic heterocycles. The van der Waals surface area contributed by atoms with Crippen LogP contribution in [0.5, 0.6) is 5.75 Å². The molecule has 1 aliphatic rings. The molecule has 1 aromatic carbocycles. The van der Waals surface area contributed by atoms with E-state index < -0.39 is 0 Å². The molecular formula is C21H28O4. The van der Waals surface area contributed by atoms with Crippen molar-refractivity contribution in [2.24, 2.45) is 5.92 Å². The van der Waals surface area contributed by atoms with Crippen LogP contribution in [-0.4, -0.2) is 18.0 Å². The molecule has 0 aromatic heterocycles. The van der Waals surface area contributed by atoms with Crippen molar-refractivity contribution >= 4 is 11.9 Å². The topological polar surface area (TPSA) is 52.6 Å². The molecule has 0 radical (unpaired) electrons. The number of benzene rings is 1. The fourth-order valence-electron chi connectivity index (χ4n) is 3.06. The molecule has 1 aromatic rings. The average Bonchev–Trinajstić information content (AvgIpc) is 2.62. The summed E-state index contributed by atoms with van der Waals surface area (Å²) in [6.07, 6.45) is 9.19. The summed E-state index contributed by atoms with van der Waals surface area (Å²) in [5.41, 5.74) is 1.27. The van der Waals surface area contributed by atoms with Crippen LogP contribution in [0.2, 0.25) is 0 Å². The number of esters is 2. The van der Waals surface area contributed by atoms with Gasteiger partial charge in [0.2, 0.25) is 0 Å². The third kappa shape index (κ3) is 6.37. The summed E-state index contributed by atoms with van der Waals surface area (Å²) in [6, 6.07) is 7.78. The van der Waals surface area contributed by atoms with E-state index in [4.69, 9.17) is 9.47 Å². The molecule has 0 spiro atoms. The van der Waals surface area contributed by atoms with Gasteiger partial charge in [-0.1, -0.05) is 31.6 Å². The molecule has 0 N–H and O–H groups in total. The summed E-state index contributed by atoms with van der Waals surface area (Å²) in [6.45, 7) is 3.96. The highest BCUT2D eigenvalue weighted by Gasteiger charge is 2.29. The minimum atomic E-state index is -0.309. The first-order valence-electron chi connectivity index (χ1n) is 9.26. The molecule has 1 saturated carbocycles. The number of hydrogen-bond acceptors (Lipinski definition) is 4. The van der Waals surface area contributed by atoms with Gasteiger partial charge in [0.05, 0.1) is 5.92 Å². The standard InChI is InChI=1S/C21H28O4/c1-3-5-7-16-8-12-19(13-9-16)25-21(23)17-10-14-18(15-11-17)24-20(22)6-4-2/h4,6,8-9,12-13,17-18H,3,5,7,10-11,14-15H2,1-2H3. The lowest BCUT2D eigenvalue weighted by atomic mass is 9.87. The molecular weight excluding hydrogens is 316 g/mol. The second-order valence-corrected chi connectivity index (χ2v) is 6.58. The van der Waals surface area contributed by atoms with Gasteiger partial charge in [0.15, 0.2) is 0 Å². The smallest absolute Gasteiger partial charge is 0.330 e. The molecule has 1 aliphatic carbocycles. The van der Waals surface area contributed by atoms with Gasteiger partial charge in [-0.15, -0.1) is 0 Å². The molecule has 4 nitrogen and oxygen atoms in total. The Hall–Kier alpha value is -2.10. The van der Waals surface area contributed by atoms with Gasteiger partial charge in [-0.05, 0) is 63.1 Å². The highest BCUT2D eigenvalue weighted by molar-refractivity contribution is 5.82. The summed E-state index contributed by atoms with van der Waals surface area (Å²) in [7, 11) is 0. The number of hydrogen-bond donors (Lipinski definition) is 0. The quantitative estimate of drug-likeness (QED) is 0.412. The zero-order valence-electron chi connectivity index (χ0n) is 15.2. The zero-order valence-corrected chi connectivity index (χ0v) is 15.2. The maximum atomic E-state index is 12.3. The molecule has 0 atom stereocenters. The second-order valence-electron chi connectivity index (χ2n) is 6.58. The van der Waals surface area contributed by atoms with Crippen molar-refractivity contribution in [1.82, 2.24) is 0 Å². The summed E-state index contributed by atoms with van der Waals surface area (Å²) in [5.74, 6) is -0.000419. The Labute approximate surface area is 150 Å². The zero-order chi connectivity index (χ0) is 18.1. The molecule has 4 heteroatoms. The number of carbonyl (C=O) groups excluding carboxylic acids is 2. The van der Waals surface area contributed by atoms with Crippen molar-refractivity contribution in [3.05, 3.63) is 42.0 Å². The Kier molecular flexibility index (Phi) is 7.71. The van der Waals surface area contributed by atoms with E-state index in [2.05, 4.69) is 6.92 Å². The summed E-state index contributed by atoms with van der Waals surface area (Å²) in [4.78, 5) is 23.8. The van der Waals surface area contributed by atoms with Crippen molar-refractivity contribution in [3.63, 3.8) is 0 Å². The summed E-state index contributed by atoms with van der Waals surface area (Å²) < 4.78 is 10.9. The van der Waals surface area contributed by atoms with Gasteiger partial charge >= 0.3 is 11.9 Å². The van der Waals surface area contributed by atoms with Gasteiger partial charge in [-0.3, -0.25) is 4.79 Å². The van der Waals surface area contributed by atoms with Crippen LogP contribution in [0.1, 0.15) is 57.9 Å². The van der Waals surface area contributed by atoms with Crippen molar-refractivity contribution in [2.45, 2.75) is 64.9 Å². The number of carbonyl (C=O) groups is 2. The Morgan fingerprint density at radius 1 is 1.12 bits per heavy atom. The van der Waals surface area contributed by atoms with E-state index in [1.54, 1.807) is 13.0 Å². The van der Waals surface area contributed by atoms with Gasteiger partial charge in [0, 0.05) is 6.08 Å². The first-order valence-corrected chi connectivity index (χ1v) is 9.26. The molecule has 136 valence electrons. The Bertz CT molecular complexity index is 580. The first-order chi connectivity index (χ1) is 12.1. The van der Waals surface area contributed by atoms with Crippen LogP contribution in [0.15, 0.2) is 36.4 Å². The van der Waals surface area contributed by atoms with Crippen LogP contribution >= 0.6 is 0 Å². The van der Waals surface area contributed by atoms with Crippen LogP contribution in [0, 0.1) is 5.92 Å². The maximum Gasteiger partial charge on any atom is 0.330 e. The van der Waals surface area contributed by atoms with Crippen LogP contribution in [-0.2, 0) is 20.7 Å². The SMILES string of the molecule is CC=CC(=O)OC1CCC(C(=O)Oc2ccc(CCCC)cc2)CC1. The fraction of sp³-hybridized carbons (Fsp3) is 0.524. The lowest BCUT2D eigenvalue weighted by Crippen LogP contribution is -2.29. The van der Waals surface area contributed by atoms with E-state index in [9.17, 15) is 9.59 Å². The van der Waals surface area contributed by atoms with Crippen LogP contribution in [0.3, 0.4) is 0 Å². The number of allylic oxidation sites excluding steroid dienone is 1. The fourth-order valence-corrected chi connectivity index (χ4v) is 3.06. The van der Waals surface area contributed by atoms with Gasteiger partial charge in [0.1, 0.15) is 11.9 Å². The lowest BCUT2D eigenvalue weighted by Gasteiger charge is -2.26. The van der Waals surface area contributed by atoms with E-state index in [1.165, 1.54) is 24.5 Å². The van der Waals surface area contributed by atoms with Crippen LogP contribution < -0.4 is 4.74 Å². The first kappa shape index (κ1) is 19.2. The lowest BCUT2D eigenvalue weighted by molar-refractivity contribution is -0.147. The van der Waals surface area contributed by atoms with Crippen molar-refractivity contribution in [3.8, 4) is 5.75 Å². The van der Waals surface area contributed by atoms with E-state index in [1.807, 2.05) is 24.3 Å².